The van der Waals surface area contributed by atoms with E-state index in [0.29, 0.717) is 23.0 Å². The van der Waals surface area contributed by atoms with E-state index < -0.39 is 0 Å². The minimum atomic E-state index is 0.451. The zero-order valence-electron chi connectivity index (χ0n) is 8.67. The van der Waals surface area contributed by atoms with Gasteiger partial charge in [-0.05, 0) is 19.1 Å². The minimum absolute atomic E-state index is 0.451. The van der Waals surface area contributed by atoms with Crippen LogP contribution in [0.2, 0.25) is 10.0 Å². The normalized spacial score (nSPS) is 10.6. The molecule has 1 heterocycles. The highest BCUT2D eigenvalue weighted by molar-refractivity contribution is 6.42. The van der Waals surface area contributed by atoms with Crippen molar-refractivity contribution in [2.75, 3.05) is 0 Å². The monoisotopic (exact) mass is 253 g/mol. The van der Waals surface area contributed by atoms with Crippen molar-refractivity contribution < 1.29 is 0 Å². The summed E-state index contributed by atoms with van der Waals surface area (Å²) < 4.78 is 1.97. The molecule has 16 heavy (non-hydrogen) atoms. The van der Waals surface area contributed by atoms with E-state index in [2.05, 4.69) is 11.1 Å². The van der Waals surface area contributed by atoms with Gasteiger partial charge in [-0.2, -0.15) is 5.26 Å². The first-order valence-electron chi connectivity index (χ1n) is 4.82. The van der Waals surface area contributed by atoms with Crippen LogP contribution in [0.25, 0.3) is 11.0 Å². The molecule has 5 heteroatoms. The van der Waals surface area contributed by atoms with E-state index in [1.165, 1.54) is 0 Å². The van der Waals surface area contributed by atoms with Gasteiger partial charge in [-0.1, -0.05) is 23.2 Å². The van der Waals surface area contributed by atoms with Gasteiger partial charge in [-0.3, -0.25) is 0 Å². The van der Waals surface area contributed by atoms with E-state index in [4.69, 9.17) is 28.5 Å². The summed E-state index contributed by atoms with van der Waals surface area (Å²) in [4.78, 5) is 4.38. The van der Waals surface area contributed by atoms with Crippen LogP contribution >= 0.6 is 23.2 Å². The molecule has 0 aliphatic rings. The highest BCUT2D eigenvalue weighted by atomic mass is 35.5. The van der Waals surface area contributed by atoms with Crippen molar-refractivity contribution >= 4 is 34.2 Å². The second-order valence-corrected chi connectivity index (χ2v) is 4.29. The van der Waals surface area contributed by atoms with E-state index in [0.717, 1.165) is 16.9 Å². The molecule has 1 aromatic carbocycles. The molecule has 82 valence electrons. The lowest BCUT2D eigenvalue weighted by atomic mass is 10.3. The lowest BCUT2D eigenvalue weighted by Crippen LogP contribution is -1.99. The second kappa shape index (κ2) is 4.32. The number of benzene rings is 1. The number of nitriles is 1. The fourth-order valence-electron chi connectivity index (χ4n) is 1.68. The summed E-state index contributed by atoms with van der Waals surface area (Å²) in [7, 11) is 0. The van der Waals surface area contributed by atoms with Crippen molar-refractivity contribution in [3.63, 3.8) is 0 Å². The van der Waals surface area contributed by atoms with Gasteiger partial charge in [0.25, 0.3) is 0 Å². The summed E-state index contributed by atoms with van der Waals surface area (Å²) in [5, 5.41) is 9.60. The van der Waals surface area contributed by atoms with E-state index in [9.17, 15) is 0 Å². The number of rotatable bonds is 2. The average Bonchev–Trinajstić information content (AvgIpc) is 2.52. The minimum Gasteiger partial charge on any atom is -0.327 e. The summed E-state index contributed by atoms with van der Waals surface area (Å²) in [5.74, 6) is 0.864. The first-order valence-corrected chi connectivity index (χ1v) is 5.58. The predicted octanol–water partition coefficient (Wildman–Crippen LogP) is 3.57. The van der Waals surface area contributed by atoms with Crippen LogP contribution in [0.5, 0.6) is 0 Å². The third-order valence-electron chi connectivity index (χ3n) is 2.43. The number of imidazole rings is 1. The van der Waals surface area contributed by atoms with Gasteiger partial charge in [-0.15, -0.1) is 0 Å². The Morgan fingerprint density at radius 2 is 2.06 bits per heavy atom. The van der Waals surface area contributed by atoms with Gasteiger partial charge in [0.05, 0.1) is 33.6 Å². The Morgan fingerprint density at radius 1 is 1.38 bits per heavy atom. The smallest absolute Gasteiger partial charge is 0.106 e. The number of aryl methyl sites for hydroxylation is 2. The molecule has 1 aromatic heterocycles. The van der Waals surface area contributed by atoms with Gasteiger partial charge in [0, 0.05) is 6.54 Å². The third kappa shape index (κ3) is 1.87. The fraction of sp³-hybridized carbons (Fsp3) is 0.273. The summed E-state index contributed by atoms with van der Waals surface area (Å²) in [6.07, 6.45) is 0.451. The lowest BCUT2D eigenvalue weighted by Gasteiger charge is -2.03. The van der Waals surface area contributed by atoms with Crippen LogP contribution in [0.4, 0.5) is 0 Å². The molecule has 0 amide bonds. The molecule has 0 radical (unpaired) electrons. The van der Waals surface area contributed by atoms with Crippen molar-refractivity contribution in [1.29, 1.82) is 5.26 Å². The highest BCUT2D eigenvalue weighted by Gasteiger charge is 2.09. The zero-order valence-corrected chi connectivity index (χ0v) is 10.2. The molecule has 0 bridgehead atoms. The maximum Gasteiger partial charge on any atom is 0.106 e. The predicted molar refractivity (Wildman–Crippen MR) is 64.7 cm³/mol. The number of nitrogens with zero attached hydrogens (tertiary/aromatic N) is 3. The Labute approximate surface area is 103 Å². The SMILES string of the molecule is Cc1nc2cc(Cl)c(Cl)cc2n1CCC#N. The molecule has 0 fully saturated rings. The van der Waals surface area contributed by atoms with Crippen LogP contribution in [0.3, 0.4) is 0 Å². The van der Waals surface area contributed by atoms with Crippen LogP contribution in [0.15, 0.2) is 12.1 Å². The standard InChI is InChI=1S/C11H9Cl2N3/c1-7-15-10-5-8(12)9(13)6-11(10)16(7)4-2-3-14/h5-6H,2,4H2,1H3. The average molecular weight is 254 g/mol. The van der Waals surface area contributed by atoms with Gasteiger partial charge in [0.2, 0.25) is 0 Å². The lowest BCUT2D eigenvalue weighted by molar-refractivity contribution is 0.710. The first kappa shape index (κ1) is 11.3. The summed E-state index contributed by atoms with van der Waals surface area (Å²) in [5.41, 5.74) is 1.73. The molecule has 0 aliphatic carbocycles. The van der Waals surface area contributed by atoms with E-state index in [1.54, 1.807) is 12.1 Å². The molecule has 3 nitrogen and oxygen atoms in total. The van der Waals surface area contributed by atoms with Gasteiger partial charge < -0.3 is 4.57 Å². The molecule has 0 saturated carbocycles. The molecule has 0 N–H and O–H groups in total. The molecule has 0 aliphatic heterocycles. The summed E-state index contributed by atoms with van der Waals surface area (Å²) in [6, 6.07) is 5.65. The van der Waals surface area contributed by atoms with Gasteiger partial charge >= 0.3 is 0 Å². The molecular weight excluding hydrogens is 245 g/mol. The third-order valence-corrected chi connectivity index (χ3v) is 3.15. The van der Waals surface area contributed by atoms with Gasteiger partial charge in [-0.25, -0.2) is 4.98 Å². The van der Waals surface area contributed by atoms with Gasteiger partial charge in [0.1, 0.15) is 5.82 Å². The second-order valence-electron chi connectivity index (χ2n) is 3.47. The molecule has 0 unspecified atom stereocenters. The Balaban J connectivity index is 2.60. The molecule has 0 spiro atoms. The van der Waals surface area contributed by atoms with E-state index in [-0.39, 0.29) is 0 Å². The Hall–Kier alpha value is -1.24. The van der Waals surface area contributed by atoms with E-state index in [1.807, 2.05) is 11.5 Å². The molecule has 0 saturated heterocycles. The van der Waals surface area contributed by atoms with Crippen molar-refractivity contribution in [3.8, 4) is 6.07 Å². The largest absolute Gasteiger partial charge is 0.327 e. The number of hydrogen-bond donors (Lipinski definition) is 0. The van der Waals surface area contributed by atoms with Crippen LogP contribution in [0.1, 0.15) is 12.2 Å². The molecule has 0 atom stereocenters. The maximum atomic E-state index is 8.60. The Bertz CT molecular complexity index is 581. The van der Waals surface area contributed by atoms with Crippen molar-refractivity contribution in [2.45, 2.75) is 19.9 Å². The Kier molecular flexibility index (Phi) is 3.04. The quantitative estimate of drug-likeness (QED) is 0.822. The zero-order chi connectivity index (χ0) is 11.7. The molecule has 2 aromatic rings. The number of halogens is 2. The molecule has 2 rings (SSSR count). The van der Waals surface area contributed by atoms with Crippen LogP contribution in [-0.2, 0) is 6.54 Å². The maximum absolute atomic E-state index is 8.60. The topological polar surface area (TPSA) is 41.6 Å². The van der Waals surface area contributed by atoms with Crippen LogP contribution < -0.4 is 0 Å². The van der Waals surface area contributed by atoms with Gasteiger partial charge in [0.15, 0.2) is 0 Å². The first-order chi connectivity index (χ1) is 7.63. The van der Waals surface area contributed by atoms with Crippen molar-refractivity contribution in [3.05, 3.63) is 28.0 Å². The molecular formula is C11H9Cl2N3. The summed E-state index contributed by atoms with van der Waals surface area (Å²) >= 11 is 11.9. The number of fused-ring (bicyclic) bond motifs is 1. The van der Waals surface area contributed by atoms with Crippen molar-refractivity contribution in [2.24, 2.45) is 0 Å². The van der Waals surface area contributed by atoms with E-state index >= 15 is 0 Å². The van der Waals surface area contributed by atoms with Crippen LogP contribution in [0, 0.1) is 18.3 Å². The number of hydrogen-bond acceptors (Lipinski definition) is 2. The highest BCUT2D eigenvalue weighted by Crippen LogP contribution is 2.28. The summed E-state index contributed by atoms with van der Waals surface area (Å²) in [6.45, 7) is 2.52. The van der Waals surface area contributed by atoms with Crippen LogP contribution in [-0.4, -0.2) is 9.55 Å². The Morgan fingerprint density at radius 3 is 2.75 bits per heavy atom. The fourth-order valence-corrected chi connectivity index (χ4v) is 2.00. The number of aromatic nitrogens is 2. The van der Waals surface area contributed by atoms with Crippen molar-refractivity contribution in [1.82, 2.24) is 9.55 Å².